The number of halogens is 1. The topological polar surface area (TPSA) is 83.5 Å². The lowest BCUT2D eigenvalue weighted by Crippen LogP contribution is -2.49. The number of anilines is 3. The minimum atomic E-state index is -0.0126. The number of carbonyl (C=O) groups excluding carboxylic acids is 1. The summed E-state index contributed by atoms with van der Waals surface area (Å²) in [6.07, 6.45) is 1.72. The van der Waals surface area contributed by atoms with Crippen molar-refractivity contribution in [3.05, 3.63) is 64.8 Å². The lowest BCUT2D eigenvalue weighted by molar-refractivity contribution is 0.0745. The Balaban J connectivity index is 1.37. The van der Waals surface area contributed by atoms with Gasteiger partial charge >= 0.3 is 0 Å². The van der Waals surface area contributed by atoms with Gasteiger partial charge in [0.1, 0.15) is 11.6 Å². The highest BCUT2D eigenvalue weighted by atomic mass is 79.9. The summed E-state index contributed by atoms with van der Waals surface area (Å²) in [6.45, 7) is 2.60. The number of piperazine rings is 1. The fourth-order valence-corrected chi connectivity index (χ4v) is 3.65. The highest BCUT2D eigenvalue weighted by Crippen LogP contribution is 2.25. The van der Waals surface area contributed by atoms with Gasteiger partial charge in [-0.1, -0.05) is 6.07 Å². The molecule has 1 aliphatic rings. The van der Waals surface area contributed by atoms with Gasteiger partial charge in [-0.05, 0) is 58.4 Å². The van der Waals surface area contributed by atoms with Crippen molar-refractivity contribution in [2.45, 2.75) is 0 Å². The van der Waals surface area contributed by atoms with Crippen LogP contribution in [0.3, 0.4) is 0 Å². The molecule has 1 fully saturated rings. The van der Waals surface area contributed by atoms with Gasteiger partial charge in [0.2, 0.25) is 0 Å². The fourth-order valence-electron chi connectivity index (χ4n) is 3.23. The minimum Gasteiger partial charge on any atom is -0.497 e. The van der Waals surface area contributed by atoms with E-state index in [4.69, 9.17) is 4.74 Å². The molecule has 30 heavy (non-hydrogen) atoms. The Hall–Kier alpha value is -3.20. The molecule has 0 spiro atoms. The quantitative estimate of drug-likeness (QED) is 0.614. The van der Waals surface area contributed by atoms with E-state index in [1.54, 1.807) is 19.4 Å². The summed E-state index contributed by atoms with van der Waals surface area (Å²) in [5.74, 6) is 2.79. The van der Waals surface area contributed by atoms with E-state index in [0.29, 0.717) is 43.3 Å². The molecule has 0 radical (unpaired) electrons. The Morgan fingerprint density at radius 1 is 1.03 bits per heavy atom. The summed E-state index contributed by atoms with van der Waals surface area (Å²) < 4.78 is 6.01. The molecule has 1 aliphatic heterocycles. The molecule has 0 atom stereocenters. The molecule has 0 aliphatic carbocycles. The zero-order chi connectivity index (χ0) is 20.9. The second-order valence-electron chi connectivity index (χ2n) is 6.74. The van der Waals surface area contributed by atoms with Crippen LogP contribution < -0.4 is 15.0 Å². The molecule has 3 heterocycles. The maximum atomic E-state index is 12.9. The summed E-state index contributed by atoms with van der Waals surface area (Å²) in [6, 6.07) is 14.8. The molecule has 1 amide bonds. The average molecular weight is 469 g/mol. The van der Waals surface area contributed by atoms with Gasteiger partial charge in [0.05, 0.1) is 12.7 Å². The van der Waals surface area contributed by atoms with E-state index in [9.17, 15) is 4.79 Å². The lowest BCUT2D eigenvalue weighted by atomic mass is 10.1. The first-order valence-corrected chi connectivity index (χ1v) is 10.3. The standard InChI is InChI=1S/C21H21BrN6O2/c1-30-15-5-6-17(22)16(14-15)21(29)28-12-10-27(11-13-28)20-8-7-19(25-26-20)24-18-4-2-3-9-23-18/h2-9,14H,10-13H2,1H3,(H,23,24,25). The third-order valence-corrected chi connectivity index (χ3v) is 5.56. The first-order chi connectivity index (χ1) is 14.6. The second kappa shape index (κ2) is 9.08. The van der Waals surface area contributed by atoms with E-state index in [-0.39, 0.29) is 5.91 Å². The van der Waals surface area contributed by atoms with E-state index < -0.39 is 0 Å². The number of carbonyl (C=O) groups is 1. The highest BCUT2D eigenvalue weighted by molar-refractivity contribution is 9.10. The van der Waals surface area contributed by atoms with Crippen LogP contribution in [0.2, 0.25) is 0 Å². The van der Waals surface area contributed by atoms with Gasteiger partial charge in [0, 0.05) is 36.8 Å². The first kappa shape index (κ1) is 20.1. The molecule has 154 valence electrons. The fraction of sp³-hybridized carbons (Fsp3) is 0.238. The second-order valence-corrected chi connectivity index (χ2v) is 7.60. The van der Waals surface area contributed by atoms with E-state index in [0.717, 1.165) is 16.1 Å². The number of hydrogen-bond acceptors (Lipinski definition) is 7. The third kappa shape index (κ3) is 4.51. The summed E-state index contributed by atoms with van der Waals surface area (Å²) in [5.41, 5.74) is 0.604. The van der Waals surface area contributed by atoms with Crippen LogP contribution in [0, 0.1) is 0 Å². The monoisotopic (exact) mass is 468 g/mol. The van der Waals surface area contributed by atoms with Gasteiger partial charge in [-0.25, -0.2) is 4.98 Å². The number of methoxy groups -OCH3 is 1. The van der Waals surface area contributed by atoms with Gasteiger partial charge in [-0.15, -0.1) is 10.2 Å². The van der Waals surface area contributed by atoms with Crippen LogP contribution in [0.25, 0.3) is 0 Å². The molecule has 8 nitrogen and oxygen atoms in total. The zero-order valence-corrected chi connectivity index (χ0v) is 18.0. The van der Waals surface area contributed by atoms with E-state index in [2.05, 4.69) is 41.3 Å². The molecule has 3 aromatic rings. The molecular weight excluding hydrogens is 448 g/mol. The molecule has 1 aromatic carbocycles. The molecule has 0 unspecified atom stereocenters. The molecule has 0 saturated carbocycles. The van der Waals surface area contributed by atoms with Crippen LogP contribution in [0.5, 0.6) is 5.75 Å². The summed E-state index contributed by atoms with van der Waals surface area (Å²) in [5, 5.41) is 11.7. The smallest absolute Gasteiger partial charge is 0.255 e. The molecule has 4 rings (SSSR count). The predicted molar refractivity (Wildman–Crippen MR) is 118 cm³/mol. The SMILES string of the molecule is COc1ccc(Br)c(C(=O)N2CCN(c3ccc(Nc4ccccn4)nn3)CC2)c1. The Kier molecular flexibility index (Phi) is 6.08. The van der Waals surface area contributed by atoms with Gasteiger partial charge in [-0.2, -0.15) is 0 Å². The number of benzene rings is 1. The number of ether oxygens (including phenoxy) is 1. The van der Waals surface area contributed by atoms with Crippen molar-refractivity contribution in [3.63, 3.8) is 0 Å². The number of aromatic nitrogens is 3. The number of nitrogens with one attached hydrogen (secondary N) is 1. The molecule has 2 aromatic heterocycles. The van der Waals surface area contributed by atoms with Crippen molar-refractivity contribution in [2.24, 2.45) is 0 Å². The molecule has 1 saturated heterocycles. The van der Waals surface area contributed by atoms with Crippen LogP contribution >= 0.6 is 15.9 Å². The Bertz CT molecular complexity index is 1010. The minimum absolute atomic E-state index is 0.0126. The largest absolute Gasteiger partial charge is 0.497 e. The van der Waals surface area contributed by atoms with Gasteiger partial charge < -0.3 is 19.9 Å². The van der Waals surface area contributed by atoms with Gasteiger partial charge in [0.25, 0.3) is 5.91 Å². The summed E-state index contributed by atoms with van der Waals surface area (Å²) in [7, 11) is 1.59. The summed E-state index contributed by atoms with van der Waals surface area (Å²) >= 11 is 3.46. The molecule has 1 N–H and O–H groups in total. The lowest BCUT2D eigenvalue weighted by Gasteiger charge is -2.35. The number of rotatable bonds is 5. The van der Waals surface area contributed by atoms with Crippen molar-refractivity contribution < 1.29 is 9.53 Å². The number of pyridine rings is 1. The Morgan fingerprint density at radius 3 is 2.53 bits per heavy atom. The number of hydrogen-bond donors (Lipinski definition) is 1. The predicted octanol–water partition coefficient (Wildman–Crippen LogP) is 3.35. The molecular formula is C21H21BrN6O2. The van der Waals surface area contributed by atoms with E-state index in [1.165, 1.54) is 0 Å². The Labute approximate surface area is 183 Å². The molecule has 9 heteroatoms. The van der Waals surface area contributed by atoms with Crippen molar-refractivity contribution in [1.29, 1.82) is 0 Å². The number of amides is 1. The van der Waals surface area contributed by atoms with Crippen LogP contribution in [-0.4, -0.2) is 59.3 Å². The van der Waals surface area contributed by atoms with Crippen LogP contribution in [0.1, 0.15) is 10.4 Å². The van der Waals surface area contributed by atoms with Crippen LogP contribution in [0.15, 0.2) is 59.2 Å². The number of nitrogens with zero attached hydrogens (tertiary/aromatic N) is 5. The normalized spacial score (nSPS) is 13.8. The van der Waals surface area contributed by atoms with Crippen molar-refractivity contribution in [1.82, 2.24) is 20.1 Å². The third-order valence-electron chi connectivity index (χ3n) is 4.87. The average Bonchev–Trinajstić information content (AvgIpc) is 2.80. The van der Waals surface area contributed by atoms with E-state index in [1.807, 2.05) is 47.4 Å². The van der Waals surface area contributed by atoms with Crippen molar-refractivity contribution in [2.75, 3.05) is 43.5 Å². The maximum Gasteiger partial charge on any atom is 0.255 e. The Morgan fingerprint density at radius 2 is 1.87 bits per heavy atom. The highest BCUT2D eigenvalue weighted by Gasteiger charge is 2.24. The van der Waals surface area contributed by atoms with Crippen molar-refractivity contribution in [3.8, 4) is 5.75 Å². The maximum absolute atomic E-state index is 12.9. The van der Waals surface area contributed by atoms with E-state index >= 15 is 0 Å². The zero-order valence-electron chi connectivity index (χ0n) is 16.5. The van der Waals surface area contributed by atoms with Gasteiger partial charge in [0.15, 0.2) is 11.6 Å². The van der Waals surface area contributed by atoms with Gasteiger partial charge in [-0.3, -0.25) is 4.79 Å². The summed E-state index contributed by atoms with van der Waals surface area (Å²) in [4.78, 5) is 21.1. The van der Waals surface area contributed by atoms with Crippen molar-refractivity contribution >= 4 is 39.3 Å². The van der Waals surface area contributed by atoms with Crippen LogP contribution in [0.4, 0.5) is 17.5 Å². The first-order valence-electron chi connectivity index (χ1n) is 9.53. The molecule has 0 bridgehead atoms. The van der Waals surface area contributed by atoms with Crippen LogP contribution in [-0.2, 0) is 0 Å².